The minimum absolute atomic E-state index is 0.122. The van der Waals surface area contributed by atoms with Gasteiger partial charge in [-0.2, -0.15) is 9.97 Å². The molecule has 1 saturated heterocycles. The van der Waals surface area contributed by atoms with Crippen LogP contribution in [0.1, 0.15) is 30.5 Å². The second-order valence-corrected chi connectivity index (χ2v) is 11.2. The van der Waals surface area contributed by atoms with Crippen molar-refractivity contribution in [2.24, 2.45) is 0 Å². The smallest absolute Gasteiger partial charge is 0.318 e. The minimum atomic E-state index is -0.722. The number of rotatable bonds is 11. The topological polar surface area (TPSA) is 88.3 Å². The highest BCUT2D eigenvalue weighted by Gasteiger charge is 2.35. The van der Waals surface area contributed by atoms with Gasteiger partial charge in [-0.05, 0) is 31.4 Å². The number of carbonyl (C=O) groups excluding carboxylic acids is 1. The van der Waals surface area contributed by atoms with Crippen LogP contribution >= 0.6 is 0 Å². The number of ether oxygens (including phenoxy) is 2. The lowest BCUT2D eigenvalue weighted by Crippen LogP contribution is -2.56. The third-order valence-electron chi connectivity index (χ3n) is 8.19. The number of benzene rings is 1. The van der Waals surface area contributed by atoms with Gasteiger partial charge in [-0.15, -0.1) is 0 Å². The number of hydrogen-bond donors (Lipinski definition) is 0. The van der Waals surface area contributed by atoms with Gasteiger partial charge in [-0.1, -0.05) is 12.1 Å². The van der Waals surface area contributed by atoms with Gasteiger partial charge in [0.05, 0.1) is 43.4 Å². The molecule has 2 fully saturated rings. The van der Waals surface area contributed by atoms with Crippen LogP contribution in [-0.4, -0.2) is 90.5 Å². The summed E-state index contributed by atoms with van der Waals surface area (Å²) in [5, 5.41) is 1.26. The first-order chi connectivity index (χ1) is 21.6. The van der Waals surface area contributed by atoms with Crippen LogP contribution in [0, 0.1) is 12.4 Å². The molecule has 4 heterocycles. The van der Waals surface area contributed by atoms with E-state index >= 15 is 0 Å². The summed E-state index contributed by atoms with van der Waals surface area (Å²) in [4.78, 5) is 36.1. The molecule has 1 aliphatic carbocycles. The van der Waals surface area contributed by atoms with Crippen molar-refractivity contribution in [3.05, 3.63) is 71.2 Å². The fourth-order valence-electron chi connectivity index (χ4n) is 5.88. The summed E-state index contributed by atoms with van der Waals surface area (Å²) in [6.07, 6.45) is 9.70. The Labute approximate surface area is 255 Å². The first-order valence-electron chi connectivity index (χ1n) is 15.1. The number of halogens is 2. The number of hydrogen-bond acceptors (Lipinski definition) is 8. The zero-order valence-corrected chi connectivity index (χ0v) is 24.5. The number of amides is 1. The summed E-state index contributed by atoms with van der Waals surface area (Å²) >= 11 is 0. The van der Waals surface area contributed by atoms with Gasteiger partial charge in [0.1, 0.15) is 24.4 Å². The van der Waals surface area contributed by atoms with Crippen molar-refractivity contribution in [2.75, 3.05) is 62.4 Å². The lowest BCUT2D eigenvalue weighted by molar-refractivity contribution is -0.128. The molecule has 2 aliphatic heterocycles. The molecule has 230 valence electrons. The van der Waals surface area contributed by atoms with Gasteiger partial charge in [0.15, 0.2) is 0 Å². The summed E-state index contributed by atoms with van der Waals surface area (Å²) in [7, 11) is 0. The van der Waals surface area contributed by atoms with Crippen molar-refractivity contribution in [3.63, 3.8) is 0 Å². The molecule has 6 rings (SSSR count). The molecule has 0 spiro atoms. The average Bonchev–Trinajstić information content (AvgIpc) is 3.87. The van der Waals surface area contributed by atoms with E-state index in [2.05, 4.69) is 19.6 Å². The van der Waals surface area contributed by atoms with Gasteiger partial charge in [0.25, 0.3) is 0 Å². The Balaban J connectivity index is 1.28. The number of alkyl halides is 1. The van der Waals surface area contributed by atoms with Gasteiger partial charge in [-0.3, -0.25) is 9.78 Å². The quantitative estimate of drug-likeness (QED) is 0.184. The zero-order chi connectivity index (χ0) is 30.5. The van der Waals surface area contributed by atoms with Crippen LogP contribution in [0.15, 0.2) is 42.7 Å². The van der Waals surface area contributed by atoms with E-state index in [1.807, 2.05) is 6.07 Å². The average molecular weight is 604 g/mol. The van der Waals surface area contributed by atoms with E-state index in [-0.39, 0.29) is 30.3 Å². The monoisotopic (exact) mass is 603 g/mol. The minimum Gasteiger partial charge on any atom is -0.463 e. The molecule has 1 aromatic carbocycles. The number of allylic oxidation sites excluding steroid dienone is 1. The van der Waals surface area contributed by atoms with Crippen molar-refractivity contribution in [2.45, 2.75) is 44.4 Å². The van der Waals surface area contributed by atoms with Crippen LogP contribution < -0.4 is 14.5 Å². The van der Waals surface area contributed by atoms with Crippen LogP contribution in [0.4, 0.5) is 20.3 Å². The predicted octanol–water partition coefficient (Wildman–Crippen LogP) is 4.14. The van der Waals surface area contributed by atoms with Crippen molar-refractivity contribution in [3.8, 4) is 6.01 Å². The molecule has 1 amide bonds. The van der Waals surface area contributed by atoms with Crippen molar-refractivity contribution in [1.82, 2.24) is 19.9 Å². The zero-order valence-electron chi connectivity index (χ0n) is 24.5. The molecule has 10 nitrogen and oxygen atoms in total. The lowest BCUT2D eigenvalue weighted by atomic mass is 10.0. The first-order valence-corrected chi connectivity index (χ1v) is 15.1. The van der Waals surface area contributed by atoms with Crippen LogP contribution in [0.3, 0.4) is 0 Å². The van der Waals surface area contributed by atoms with Crippen LogP contribution in [-0.2, 0) is 22.5 Å². The highest BCUT2D eigenvalue weighted by molar-refractivity contribution is 5.94. The highest BCUT2D eigenvalue weighted by atomic mass is 19.1. The summed E-state index contributed by atoms with van der Waals surface area (Å²) < 4.78 is 39.4. The number of fused-ring (bicyclic) bond motifs is 2. The fraction of sp³-hybridized carbons (Fsp3) is 0.469. The first kappa shape index (κ1) is 29.7. The number of carbonyl (C=O) groups is 1. The number of piperazine rings is 1. The van der Waals surface area contributed by atoms with Gasteiger partial charge >= 0.3 is 6.01 Å². The van der Waals surface area contributed by atoms with Crippen molar-refractivity contribution in [1.29, 1.82) is 0 Å². The third kappa shape index (κ3) is 6.58. The van der Waals surface area contributed by atoms with Gasteiger partial charge in [0, 0.05) is 61.2 Å². The molecule has 3 aromatic rings. The van der Waals surface area contributed by atoms with Gasteiger partial charge in [-0.25, -0.2) is 15.4 Å². The van der Waals surface area contributed by atoms with Crippen molar-refractivity contribution < 1.29 is 23.0 Å². The standard InChI is InChI=1S/C32H35F2N7O3/c1-35-18-23-20-40(13-14-41(23)29(42)7-3-11-33)31-25-10-12-39(28-19-36-17-22-5-2-6-26(34)30(22)28)21-27(25)37-32(38-31)44-16-4-15-43-24-8-9-24/h2-3,5-7,17,19,23-24H,4,8-16,18,20-21H2/b7-3+/t23-/m0/s1. The number of aromatic nitrogens is 3. The molecule has 0 radical (unpaired) electrons. The summed E-state index contributed by atoms with van der Waals surface area (Å²) in [5.74, 6) is 0.123. The summed E-state index contributed by atoms with van der Waals surface area (Å²) in [6, 6.07) is 4.86. The molecule has 1 atom stereocenters. The number of pyridine rings is 1. The van der Waals surface area contributed by atoms with Crippen LogP contribution in [0.2, 0.25) is 0 Å². The van der Waals surface area contributed by atoms with Gasteiger partial charge < -0.3 is 29.0 Å². The molecule has 3 aliphatic rings. The highest BCUT2D eigenvalue weighted by Crippen LogP contribution is 2.35. The molecule has 2 aromatic heterocycles. The maximum Gasteiger partial charge on any atom is 0.318 e. The van der Waals surface area contributed by atoms with Gasteiger partial charge in [0.2, 0.25) is 12.5 Å². The molecule has 0 bridgehead atoms. The van der Waals surface area contributed by atoms with E-state index in [1.54, 1.807) is 23.4 Å². The molecule has 44 heavy (non-hydrogen) atoms. The Morgan fingerprint density at radius 1 is 1.14 bits per heavy atom. The van der Waals surface area contributed by atoms with E-state index in [1.165, 1.54) is 18.2 Å². The SMILES string of the molecule is [C-]#[N+]C[C@H]1CN(c2nc(OCCCOC3CC3)nc3c2CCN(c2cncc4cccc(F)c24)C3)CCN1C(=O)/C=C/CF. The summed E-state index contributed by atoms with van der Waals surface area (Å²) in [5.41, 5.74) is 2.46. The second-order valence-electron chi connectivity index (χ2n) is 11.2. The van der Waals surface area contributed by atoms with Crippen LogP contribution in [0.25, 0.3) is 15.6 Å². The van der Waals surface area contributed by atoms with E-state index in [9.17, 15) is 13.6 Å². The van der Waals surface area contributed by atoms with E-state index in [0.717, 1.165) is 35.3 Å². The fourth-order valence-corrected chi connectivity index (χ4v) is 5.88. The molecule has 0 N–H and O–H groups in total. The molecular weight excluding hydrogens is 568 g/mol. The summed E-state index contributed by atoms with van der Waals surface area (Å²) in [6.45, 7) is 10.2. The lowest BCUT2D eigenvalue weighted by Gasteiger charge is -2.41. The molecular formula is C32H35F2N7O3. The third-order valence-corrected chi connectivity index (χ3v) is 8.19. The maximum absolute atomic E-state index is 15.0. The largest absolute Gasteiger partial charge is 0.463 e. The van der Waals surface area contributed by atoms with E-state index in [0.29, 0.717) is 76.0 Å². The number of anilines is 2. The Hall–Kier alpha value is -4.37. The Kier molecular flexibility index (Phi) is 9.12. The molecule has 1 saturated carbocycles. The predicted molar refractivity (Wildman–Crippen MR) is 162 cm³/mol. The second kappa shape index (κ2) is 13.5. The van der Waals surface area contributed by atoms with E-state index in [4.69, 9.17) is 26.0 Å². The van der Waals surface area contributed by atoms with E-state index < -0.39 is 6.67 Å². The molecule has 0 unspecified atom stereocenters. The van der Waals surface area contributed by atoms with Crippen molar-refractivity contribution >= 4 is 28.2 Å². The Morgan fingerprint density at radius 3 is 2.84 bits per heavy atom. The van der Waals surface area contributed by atoms with Crippen LogP contribution in [0.5, 0.6) is 6.01 Å². The molecule has 12 heteroatoms. The number of nitrogens with zero attached hydrogens (tertiary/aromatic N) is 7. The normalized spacial score (nSPS) is 18.5. The Bertz CT molecular complexity index is 1570. The Morgan fingerprint density at radius 2 is 2.02 bits per heavy atom. The maximum atomic E-state index is 15.0.